The molecule has 0 aliphatic rings. The number of carbonyl (C=O) groups is 2. The molecule has 36 heavy (non-hydrogen) atoms. The van der Waals surface area contributed by atoms with E-state index in [4.69, 9.17) is 10.5 Å². The number of nitrogens with two attached hydrogens (primary N) is 1. The minimum atomic E-state index is -4.70. The van der Waals surface area contributed by atoms with Gasteiger partial charge in [-0.1, -0.05) is 12.1 Å². The molecule has 0 saturated heterocycles. The first-order valence-electron chi connectivity index (χ1n) is 10.4. The number of hydrogen-bond acceptors (Lipinski definition) is 6. The van der Waals surface area contributed by atoms with E-state index in [1.165, 1.54) is 29.2 Å². The molecule has 2 aromatic carbocycles. The van der Waals surface area contributed by atoms with Gasteiger partial charge in [0, 0.05) is 17.4 Å². The maximum atomic E-state index is 13.9. The summed E-state index contributed by atoms with van der Waals surface area (Å²) in [5.41, 5.74) is 6.02. The topological polar surface area (TPSA) is 124 Å². The molecule has 0 unspecified atom stereocenters. The second-order valence-corrected chi connectivity index (χ2v) is 7.43. The SMILES string of the molecule is CCOC(=O)c1cn2ncnc(N)c2c1-c1ccc(NC(=O)Nc2cc(C(F)(F)F)ccc2F)cc1. The first kappa shape index (κ1) is 24.4. The lowest BCUT2D eigenvalue weighted by Crippen LogP contribution is -2.20. The van der Waals surface area contributed by atoms with Crippen LogP contribution in [0, 0.1) is 5.82 Å². The Hall–Kier alpha value is -4.68. The van der Waals surface area contributed by atoms with Crippen molar-refractivity contribution in [1.29, 1.82) is 0 Å². The molecule has 0 spiro atoms. The monoisotopic (exact) mass is 502 g/mol. The van der Waals surface area contributed by atoms with Gasteiger partial charge in [0.2, 0.25) is 0 Å². The summed E-state index contributed by atoms with van der Waals surface area (Å²) in [5.74, 6) is -1.50. The number of hydrogen-bond donors (Lipinski definition) is 3. The lowest BCUT2D eigenvalue weighted by atomic mass is 10.0. The van der Waals surface area contributed by atoms with Gasteiger partial charge >= 0.3 is 18.2 Å². The lowest BCUT2D eigenvalue weighted by molar-refractivity contribution is -0.137. The number of nitrogens with zero attached hydrogens (tertiary/aromatic N) is 3. The average Bonchev–Trinajstić information content (AvgIpc) is 3.21. The number of amides is 2. The molecule has 4 rings (SSSR count). The molecule has 0 atom stereocenters. The number of aromatic nitrogens is 3. The van der Waals surface area contributed by atoms with Gasteiger partial charge in [0.25, 0.3) is 0 Å². The van der Waals surface area contributed by atoms with E-state index in [0.717, 1.165) is 0 Å². The number of anilines is 3. The summed E-state index contributed by atoms with van der Waals surface area (Å²) in [5, 5.41) is 8.54. The molecular formula is C23H18F4N6O3. The largest absolute Gasteiger partial charge is 0.462 e. The Labute approximate surface area is 200 Å². The van der Waals surface area contributed by atoms with Gasteiger partial charge in [0.1, 0.15) is 17.7 Å². The second kappa shape index (κ2) is 9.52. The van der Waals surface area contributed by atoms with Crippen molar-refractivity contribution in [3.63, 3.8) is 0 Å². The zero-order chi connectivity index (χ0) is 26.0. The minimum absolute atomic E-state index is 0.125. The van der Waals surface area contributed by atoms with Crippen LogP contribution in [0.25, 0.3) is 16.6 Å². The van der Waals surface area contributed by atoms with Crippen molar-refractivity contribution >= 4 is 34.7 Å². The highest BCUT2D eigenvalue weighted by molar-refractivity contribution is 6.05. The normalized spacial score (nSPS) is 11.4. The van der Waals surface area contributed by atoms with Gasteiger partial charge in [-0.2, -0.15) is 18.3 Å². The number of fused-ring (bicyclic) bond motifs is 1. The Bertz CT molecular complexity index is 1450. The smallest absolute Gasteiger partial charge is 0.416 e. The fourth-order valence-electron chi connectivity index (χ4n) is 3.49. The van der Waals surface area contributed by atoms with Crippen LogP contribution in [-0.4, -0.2) is 33.2 Å². The molecule has 0 radical (unpaired) electrons. The molecule has 0 aliphatic carbocycles. The molecule has 13 heteroatoms. The Kier molecular flexibility index (Phi) is 6.47. The number of rotatable bonds is 5. The number of esters is 1. The van der Waals surface area contributed by atoms with Crippen molar-refractivity contribution in [1.82, 2.24) is 14.6 Å². The summed E-state index contributed by atoms with van der Waals surface area (Å²) < 4.78 is 59.1. The van der Waals surface area contributed by atoms with Crippen LogP contribution >= 0.6 is 0 Å². The highest BCUT2D eigenvalue weighted by Crippen LogP contribution is 2.34. The third-order valence-corrected chi connectivity index (χ3v) is 5.07. The van der Waals surface area contributed by atoms with E-state index in [0.29, 0.717) is 34.8 Å². The number of nitrogen functional groups attached to an aromatic ring is 1. The zero-order valence-electron chi connectivity index (χ0n) is 18.6. The Balaban J connectivity index is 1.59. The van der Waals surface area contributed by atoms with E-state index in [9.17, 15) is 27.2 Å². The van der Waals surface area contributed by atoms with Crippen molar-refractivity contribution in [2.24, 2.45) is 0 Å². The molecule has 4 aromatic rings. The average molecular weight is 502 g/mol. The van der Waals surface area contributed by atoms with Gasteiger partial charge in [-0.05, 0) is 42.8 Å². The van der Waals surface area contributed by atoms with Crippen molar-refractivity contribution in [2.45, 2.75) is 13.1 Å². The highest BCUT2D eigenvalue weighted by Gasteiger charge is 2.31. The summed E-state index contributed by atoms with van der Waals surface area (Å²) in [6.07, 6.45) is -2.00. The van der Waals surface area contributed by atoms with Gasteiger partial charge in [0.15, 0.2) is 5.82 Å². The summed E-state index contributed by atoms with van der Waals surface area (Å²) in [4.78, 5) is 28.8. The van der Waals surface area contributed by atoms with Crippen LogP contribution in [0.5, 0.6) is 0 Å². The van der Waals surface area contributed by atoms with E-state index in [1.807, 2.05) is 0 Å². The summed E-state index contributed by atoms with van der Waals surface area (Å²) in [7, 11) is 0. The first-order valence-corrected chi connectivity index (χ1v) is 10.4. The molecule has 0 aliphatic heterocycles. The number of ether oxygens (including phenoxy) is 1. The van der Waals surface area contributed by atoms with Crippen molar-refractivity contribution in [3.8, 4) is 11.1 Å². The molecule has 2 amide bonds. The molecular weight excluding hydrogens is 484 g/mol. The van der Waals surface area contributed by atoms with E-state index in [1.54, 1.807) is 19.1 Å². The molecule has 0 bridgehead atoms. The van der Waals surface area contributed by atoms with E-state index in [-0.39, 0.29) is 23.7 Å². The molecule has 4 N–H and O–H groups in total. The van der Waals surface area contributed by atoms with Gasteiger partial charge in [-0.25, -0.2) is 23.5 Å². The van der Waals surface area contributed by atoms with Gasteiger partial charge < -0.3 is 21.1 Å². The summed E-state index contributed by atoms with van der Waals surface area (Å²) in [6.45, 7) is 1.81. The predicted molar refractivity (Wildman–Crippen MR) is 123 cm³/mol. The van der Waals surface area contributed by atoms with E-state index in [2.05, 4.69) is 20.7 Å². The molecule has 2 heterocycles. The van der Waals surface area contributed by atoms with Crippen LogP contribution in [0.4, 0.5) is 39.5 Å². The number of halogens is 4. The molecule has 186 valence electrons. The summed E-state index contributed by atoms with van der Waals surface area (Å²) in [6, 6.07) is 6.85. The fraction of sp³-hybridized carbons (Fsp3) is 0.130. The number of alkyl halides is 3. The molecule has 0 saturated carbocycles. The fourth-order valence-corrected chi connectivity index (χ4v) is 3.49. The van der Waals surface area contributed by atoms with Crippen molar-refractivity contribution < 1.29 is 31.9 Å². The Morgan fingerprint density at radius 1 is 1.11 bits per heavy atom. The molecule has 0 fully saturated rings. The quantitative estimate of drug-likeness (QED) is 0.262. The van der Waals surface area contributed by atoms with Crippen molar-refractivity contribution in [2.75, 3.05) is 23.0 Å². The van der Waals surface area contributed by atoms with Gasteiger partial charge in [-0.15, -0.1) is 0 Å². The first-order chi connectivity index (χ1) is 17.1. The van der Waals surface area contributed by atoms with Crippen LogP contribution in [0.3, 0.4) is 0 Å². The number of carbonyl (C=O) groups excluding carboxylic acids is 2. The predicted octanol–water partition coefficient (Wildman–Crippen LogP) is 4.96. The van der Waals surface area contributed by atoms with Crippen LogP contribution in [0.15, 0.2) is 55.0 Å². The van der Waals surface area contributed by atoms with Crippen LogP contribution in [-0.2, 0) is 10.9 Å². The van der Waals surface area contributed by atoms with Crippen molar-refractivity contribution in [3.05, 3.63) is 71.9 Å². The van der Waals surface area contributed by atoms with Gasteiger partial charge in [-0.3, -0.25) is 0 Å². The highest BCUT2D eigenvalue weighted by atomic mass is 19.4. The molecule has 2 aromatic heterocycles. The Morgan fingerprint density at radius 2 is 1.83 bits per heavy atom. The third-order valence-electron chi connectivity index (χ3n) is 5.07. The van der Waals surface area contributed by atoms with E-state index >= 15 is 0 Å². The third kappa shape index (κ3) is 4.89. The second-order valence-electron chi connectivity index (χ2n) is 7.43. The maximum Gasteiger partial charge on any atom is 0.416 e. The minimum Gasteiger partial charge on any atom is -0.462 e. The van der Waals surface area contributed by atoms with Crippen LogP contribution in [0.2, 0.25) is 0 Å². The van der Waals surface area contributed by atoms with Gasteiger partial charge in [0.05, 0.1) is 23.4 Å². The standard InChI is InChI=1S/C23H18F4N6O3/c1-2-36-21(34)15-10-33-19(20(28)29-11-30-33)18(15)12-3-6-14(7-4-12)31-22(35)32-17-9-13(23(25,26)27)5-8-16(17)24/h3-11H,2H2,1H3,(H2,28,29,30)(H2,31,32,35). The Morgan fingerprint density at radius 3 is 2.50 bits per heavy atom. The lowest BCUT2D eigenvalue weighted by Gasteiger charge is -2.12. The summed E-state index contributed by atoms with van der Waals surface area (Å²) >= 11 is 0. The maximum absolute atomic E-state index is 13.9. The number of benzene rings is 2. The molecule has 9 nitrogen and oxygen atoms in total. The zero-order valence-corrected chi connectivity index (χ0v) is 18.6. The van der Waals surface area contributed by atoms with Crippen LogP contribution < -0.4 is 16.4 Å². The number of urea groups is 1. The number of nitrogens with one attached hydrogen (secondary N) is 2. The van der Waals surface area contributed by atoms with E-state index < -0.39 is 35.2 Å². The van der Waals surface area contributed by atoms with Crippen LogP contribution in [0.1, 0.15) is 22.8 Å².